The molecular weight excluding hydrogens is 378 g/mol. The number of hydrogen-bond donors (Lipinski definition) is 0. The van der Waals surface area contributed by atoms with Gasteiger partial charge < -0.3 is 9.47 Å². The standard InChI is InChI=1S/C25H25NO4/c1-5-29-24(27)22-19-9-7-8-10-20(19)26-21(23(22)25(28)30-6-2)14-13-18-12-11-16(3)17(4)15-18/h7-15H,5-6H2,1-4H3/b14-13+. The summed E-state index contributed by atoms with van der Waals surface area (Å²) in [5.41, 5.74) is 4.62. The maximum absolute atomic E-state index is 12.8. The predicted molar refractivity (Wildman–Crippen MR) is 119 cm³/mol. The molecule has 0 radical (unpaired) electrons. The van der Waals surface area contributed by atoms with Crippen LogP contribution in [0.15, 0.2) is 42.5 Å². The molecule has 0 bridgehead atoms. The predicted octanol–water partition coefficient (Wildman–Crippen LogP) is 5.38. The van der Waals surface area contributed by atoms with Gasteiger partial charge in [0.2, 0.25) is 0 Å². The molecule has 0 aliphatic heterocycles. The highest BCUT2D eigenvalue weighted by molar-refractivity contribution is 6.13. The fourth-order valence-corrected chi connectivity index (χ4v) is 3.22. The Hall–Kier alpha value is -3.47. The van der Waals surface area contributed by atoms with Crippen molar-refractivity contribution in [3.8, 4) is 0 Å². The van der Waals surface area contributed by atoms with Gasteiger partial charge in [0.05, 0.1) is 30.0 Å². The summed E-state index contributed by atoms with van der Waals surface area (Å²) in [6.45, 7) is 7.94. The molecule has 2 aromatic carbocycles. The van der Waals surface area contributed by atoms with Gasteiger partial charge in [-0.15, -0.1) is 0 Å². The highest BCUT2D eigenvalue weighted by atomic mass is 16.5. The fraction of sp³-hybridized carbons (Fsp3) is 0.240. The molecule has 30 heavy (non-hydrogen) atoms. The SMILES string of the molecule is CCOC(=O)c1c(/C=C/c2ccc(C)c(C)c2)nc2ccccc2c1C(=O)OCC. The first kappa shape index (κ1) is 21.2. The van der Waals surface area contributed by atoms with Gasteiger partial charge in [0, 0.05) is 5.39 Å². The topological polar surface area (TPSA) is 65.5 Å². The minimum absolute atomic E-state index is 0.120. The zero-order chi connectivity index (χ0) is 21.7. The van der Waals surface area contributed by atoms with Crippen molar-refractivity contribution >= 4 is 35.0 Å². The van der Waals surface area contributed by atoms with E-state index in [0.717, 1.165) is 5.56 Å². The molecule has 0 N–H and O–H groups in total. The first-order chi connectivity index (χ1) is 14.5. The first-order valence-corrected chi connectivity index (χ1v) is 9.98. The molecule has 0 aliphatic carbocycles. The van der Waals surface area contributed by atoms with Crippen molar-refractivity contribution in [1.82, 2.24) is 4.98 Å². The highest BCUT2D eigenvalue weighted by Gasteiger charge is 2.26. The van der Waals surface area contributed by atoms with Crippen LogP contribution >= 0.6 is 0 Å². The van der Waals surface area contributed by atoms with Crippen LogP contribution in [-0.2, 0) is 9.47 Å². The van der Waals surface area contributed by atoms with Gasteiger partial charge in [0.25, 0.3) is 0 Å². The van der Waals surface area contributed by atoms with Crippen molar-refractivity contribution in [2.75, 3.05) is 13.2 Å². The van der Waals surface area contributed by atoms with Crippen LogP contribution in [0.1, 0.15) is 56.9 Å². The van der Waals surface area contributed by atoms with Crippen LogP contribution in [0, 0.1) is 13.8 Å². The Morgan fingerprint density at radius 1 is 0.867 bits per heavy atom. The molecule has 1 aromatic heterocycles. The lowest BCUT2D eigenvalue weighted by atomic mass is 9.99. The van der Waals surface area contributed by atoms with Crippen LogP contribution in [-0.4, -0.2) is 30.1 Å². The van der Waals surface area contributed by atoms with Crippen molar-refractivity contribution in [3.05, 3.63) is 76.0 Å². The van der Waals surface area contributed by atoms with Gasteiger partial charge >= 0.3 is 11.9 Å². The Labute approximate surface area is 176 Å². The van der Waals surface area contributed by atoms with E-state index in [1.54, 1.807) is 38.1 Å². The molecular formula is C25H25NO4. The van der Waals surface area contributed by atoms with Crippen LogP contribution in [0.4, 0.5) is 0 Å². The number of rotatable bonds is 6. The molecule has 1 heterocycles. The van der Waals surface area contributed by atoms with Gasteiger partial charge in [0.15, 0.2) is 0 Å². The summed E-state index contributed by atoms with van der Waals surface area (Å²) in [5.74, 6) is -1.17. The quantitative estimate of drug-likeness (QED) is 0.517. The minimum atomic E-state index is -0.599. The smallest absolute Gasteiger partial charge is 0.341 e. The summed E-state index contributed by atoms with van der Waals surface area (Å²) in [4.78, 5) is 30.3. The zero-order valence-electron chi connectivity index (χ0n) is 17.7. The summed E-state index contributed by atoms with van der Waals surface area (Å²) in [6.07, 6.45) is 3.62. The Bertz CT molecular complexity index is 1130. The molecule has 5 nitrogen and oxygen atoms in total. The van der Waals surface area contributed by atoms with E-state index in [-0.39, 0.29) is 24.3 Å². The third kappa shape index (κ3) is 4.40. The number of benzene rings is 2. The number of carbonyl (C=O) groups is 2. The van der Waals surface area contributed by atoms with E-state index in [4.69, 9.17) is 9.47 Å². The van der Waals surface area contributed by atoms with Crippen molar-refractivity contribution in [3.63, 3.8) is 0 Å². The van der Waals surface area contributed by atoms with Gasteiger partial charge in [-0.25, -0.2) is 14.6 Å². The zero-order valence-corrected chi connectivity index (χ0v) is 17.7. The Morgan fingerprint density at radius 2 is 1.53 bits per heavy atom. The number of aromatic nitrogens is 1. The van der Waals surface area contributed by atoms with Gasteiger partial charge in [0.1, 0.15) is 5.56 Å². The molecule has 3 rings (SSSR count). The lowest BCUT2D eigenvalue weighted by molar-refractivity contribution is 0.0480. The molecule has 0 aliphatic rings. The van der Waals surface area contributed by atoms with Crippen LogP contribution in [0.2, 0.25) is 0 Å². The first-order valence-electron chi connectivity index (χ1n) is 9.98. The summed E-state index contributed by atoms with van der Waals surface area (Å²) in [7, 11) is 0. The van der Waals surface area contributed by atoms with E-state index in [0.29, 0.717) is 16.6 Å². The third-order valence-corrected chi connectivity index (χ3v) is 4.84. The average Bonchev–Trinajstić information content (AvgIpc) is 2.73. The summed E-state index contributed by atoms with van der Waals surface area (Å²) in [6, 6.07) is 13.3. The molecule has 0 atom stereocenters. The van der Waals surface area contributed by atoms with Crippen molar-refractivity contribution in [2.45, 2.75) is 27.7 Å². The molecule has 0 spiro atoms. The molecule has 5 heteroatoms. The second-order valence-electron chi connectivity index (χ2n) is 6.88. The van der Waals surface area contributed by atoms with E-state index in [1.165, 1.54) is 11.1 Å². The lowest BCUT2D eigenvalue weighted by Crippen LogP contribution is -2.17. The van der Waals surface area contributed by atoms with E-state index in [2.05, 4.69) is 18.0 Å². The fourth-order valence-electron chi connectivity index (χ4n) is 3.22. The Morgan fingerprint density at radius 3 is 2.20 bits per heavy atom. The summed E-state index contributed by atoms with van der Waals surface area (Å²) >= 11 is 0. The number of para-hydroxylation sites is 1. The largest absolute Gasteiger partial charge is 0.462 e. The van der Waals surface area contributed by atoms with Gasteiger partial charge in [-0.3, -0.25) is 0 Å². The van der Waals surface area contributed by atoms with Crippen LogP contribution < -0.4 is 0 Å². The Balaban J connectivity index is 2.24. The van der Waals surface area contributed by atoms with E-state index >= 15 is 0 Å². The number of aryl methyl sites for hydroxylation is 2. The lowest BCUT2D eigenvalue weighted by Gasteiger charge is -2.14. The molecule has 3 aromatic rings. The molecule has 0 unspecified atom stereocenters. The number of hydrogen-bond acceptors (Lipinski definition) is 5. The number of esters is 2. The second kappa shape index (κ2) is 9.35. The average molecular weight is 403 g/mol. The molecule has 0 amide bonds. The molecule has 0 fully saturated rings. The maximum Gasteiger partial charge on any atom is 0.341 e. The van der Waals surface area contributed by atoms with Gasteiger partial charge in [-0.05, 0) is 56.5 Å². The van der Waals surface area contributed by atoms with Crippen molar-refractivity contribution in [1.29, 1.82) is 0 Å². The highest BCUT2D eigenvalue weighted by Crippen LogP contribution is 2.27. The number of carbonyl (C=O) groups excluding carboxylic acids is 2. The third-order valence-electron chi connectivity index (χ3n) is 4.84. The number of pyridine rings is 1. The number of ether oxygens (including phenoxy) is 2. The summed E-state index contributed by atoms with van der Waals surface area (Å²) < 4.78 is 10.5. The molecule has 154 valence electrons. The molecule has 0 saturated heterocycles. The van der Waals surface area contributed by atoms with Crippen molar-refractivity contribution in [2.24, 2.45) is 0 Å². The van der Waals surface area contributed by atoms with Crippen LogP contribution in [0.3, 0.4) is 0 Å². The van der Waals surface area contributed by atoms with Crippen LogP contribution in [0.25, 0.3) is 23.1 Å². The van der Waals surface area contributed by atoms with Gasteiger partial charge in [-0.2, -0.15) is 0 Å². The van der Waals surface area contributed by atoms with E-state index < -0.39 is 11.9 Å². The maximum atomic E-state index is 12.8. The van der Waals surface area contributed by atoms with Gasteiger partial charge in [-0.1, -0.05) is 42.5 Å². The number of fused-ring (bicyclic) bond motifs is 1. The monoisotopic (exact) mass is 403 g/mol. The minimum Gasteiger partial charge on any atom is -0.462 e. The second-order valence-corrected chi connectivity index (χ2v) is 6.88. The van der Waals surface area contributed by atoms with Crippen molar-refractivity contribution < 1.29 is 19.1 Å². The van der Waals surface area contributed by atoms with Crippen LogP contribution in [0.5, 0.6) is 0 Å². The molecule has 0 saturated carbocycles. The number of nitrogens with zero attached hydrogens (tertiary/aromatic N) is 1. The Kier molecular flexibility index (Phi) is 6.62. The van der Waals surface area contributed by atoms with E-state index in [1.807, 2.05) is 31.2 Å². The normalized spacial score (nSPS) is 11.1. The summed E-state index contributed by atoms with van der Waals surface area (Å²) in [5, 5.41) is 0.558. The van der Waals surface area contributed by atoms with E-state index in [9.17, 15) is 9.59 Å².